The molecule has 28 heavy (non-hydrogen) atoms. The van der Waals surface area contributed by atoms with Gasteiger partial charge in [-0.3, -0.25) is 4.72 Å². The van der Waals surface area contributed by atoms with Crippen LogP contribution in [-0.4, -0.2) is 43.5 Å². The van der Waals surface area contributed by atoms with Gasteiger partial charge in [-0.25, -0.2) is 22.2 Å². The normalized spacial score (nSPS) is 16.3. The van der Waals surface area contributed by atoms with E-state index in [1.165, 1.54) is 12.3 Å². The summed E-state index contributed by atoms with van der Waals surface area (Å²) in [4.78, 5) is 6.51. The van der Waals surface area contributed by atoms with Gasteiger partial charge in [0.1, 0.15) is 22.3 Å². The number of nitrogens with zero attached hydrogens (tertiary/aromatic N) is 2. The molecule has 0 atom stereocenters. The lowest BCUT2D eigenvalue weighted by Gasteiger charge is -2.35. The van der Waals surface area contributed by atoms with E-state index < -0.39 is 21.7 Å². The lowest BCUT2D eigenvalue weighted by atomic mass is 10.0. The molecule has 1 fully saturated rings. The van der Waals surface area contributed by atoms with E-state index in [1.807, 2.05) is 0 Å². The molecule has 0 saturated carbocycles. The van der Waals surface area contributed by atoms with Gasteiger partial charge in [-0.15, -0.1) is 0 Å². The lowest BCUT2D eigenvalue weighted by Crippen LogP contribution is -2.42. The highest BCUT2D eigenvalue weighted by Gasteiger charge is 2.21. The Balaban J connectivity index is 1.63. The largest absolute Gasteiger partial charge is 0.367 e. The molecule has 0 unspecified atom stereocenters. The quantitative estimate of drug-likeness (QED) is 0.763. The van der Waals surface area contributed by atoms with Crippen molar-refractivity contribution in [3.63, 3.8) is 0 Å². The summed E-state index contributed by atoms with van der Waals surface area (Å²) in [7, 11) is -3.99. The number of anilines is 2. The van der Waals surface area contributed by atoms with Crippen molar-refractivity contribution < 1.29 is 17.2 Å². The maximum absolute atomic E-state index is 13.3. The molecule has 2 aromatic rings. The third-order valence-electron chi connectivity index (χ3n) is 4.77. The summed E-state index contributed by atoms with van der Waals surface area (Å²) < 4.78 is 53.5. The number of sulfonamides is 1. The number of aromatic nitrogens is 1. The van der Waals surface area contributed by atoms with Gasteiger partial charge >= 0.3 is 0 Å². The van der Waals surface area contributed by atoms with Crippen molar-refractivity contribution in [2.45, 2.75) is 43.7 Å². The average molecular weight is 410 g/mol. The van der Waals surface area contributed by atoms with E-state index in [1.54, 1.807) is 6.07 Å². The summed E-state index contributed by atoms with van der Waals surface area (Å²) in [5, 5.41) is 3.33. The van der Waals surface area contributed by atoms with Gasteiger partial charge in [0, 0.05) is 37.4 Å². The number of nitrogens with one attached hydrogen (secondary N) is 2. The first-order valence-electron chi connectivity index (χ1n) is 9.18. The number of rotatable bonds is 6. The summed E-state index contributed by atoms with van der Waals surface area (Å²) in [6.45, 7) is 6.38. The number of hydrogen-bond donors (Lipinski definition) is 2. The van der Waals surface area contributed by atoms with Crippen molar-refractivity contribution in [1.29, 1.82) is 0 Å². The van der Waals surface area contributed by atoms with E-state index in [2.05, 4.69) is 33.8 Å². The molecular weight excluding hydrogens is 386 g/mol. The molecule has 1 saturated heterocycles. The Morgan fingerprint density at radius 1 is 1.11 bits per heavy atom. The Hall–Kier alpha value is -2.26. The summed E-state index contributed by atoms with van der Waals surface area (Å²) in [6, 6.07) is 6.32. The second kappa shape index (κ2) is 8.40. The van der Waals surface area contributed by atoms with E-state index in [9.17, 15) is 17.2 Å². The standard InChI is InChI=1S/C19H24F2N4O2S/c1-13(2)25-7-5-16(6-8-25)23-19-4-3-18(12-22-19)28(26,27)24-17-10-14(20)9-15(21)11-17/h3-4,9-13,16,24H,5-8H2,1-2H3,(H,22,23). The second-order valence-electron chi connectivity index (χ2n) is 7.19. The molecule has 1 aliphatic rings. The maximum atomic E-state index is 13.3. The van der Waals surface area contributed by atoms with Crippen LogP contribution in [0.4, 0.5) is 20.3 Å². The maximum Gasteiger partial charge on any atom is 0.263 e. The van der Waals surface area contributed by atoms with Crippen LogP contribution in [0, 0.1) is 11.6 Å². The van der Waals surface area contributed by atoms with Crippen molar-refractivity contribution in [2.75, 3.05) is 23.1 Å². The van der Waals surface area contributed by atoms with Crippen LogP contribution < -0.4 is 10.0 Å². The van der Waals surface area contributed by atoms with Gasteiger partial charge in [0.2, 0.25) is 0 Å². The van der Waals surface area contributed by atoms with Crippen LogP contribution in [0.3, 0.4) is 0 Å². The van der Waals surface area contributed by atoms with Crippen LogP contribution in [0.1, 0.15) is 26.7 Å². The fourth-order valence-electron chi connectivity index (χ4n) is 3.22. The number of pyridine rings is 1. The number of halogens is 2. The van der Waals surface area contributed by atoms with Gasteiger partial charge in [0.05, 0.1) is 5.69 Å². The smallest absolute Gasteiger partial charge is 0.263 e. The predicted molar refractivity (Wildman–Crippen MR) is 105 cm³/mol. The molecule has 0 spiro atoms. The molecule has 0 radical (unpaired) electrons. The first-order chi connectivity index (χ1) is 13.2. The molecule has 0 aliphatic carbocycles. The van der Waals surface area contributed by atoms with Crippen molar-refractivity contribution >= 4 is 21.5 Å². The molecule has 2 heterocycles. The summed E-state index contributed by atoms with van der Waals surface area (Å²) in [5.41, 5.74) is -0.184. The zero-order valence-corrected chi connectivity index (χ0v) is 16.6. The molecule has 0 bridgehead atoms. The van der Waals surface area contributed by atoms with Crippen LogP contribution in [0.25, 0.3) is 0 Å². The molecule has 1 aromatic heterocycles. The summed E-state index contributed by atoms with van der Waals surface area (Å²) in [5.74, 6) is -1.13. The molecule has 3 rings (SSSR count). The molecule has 1 aromatic carbocycles. The minimum atomic E-state index is -3.99. The minimum Gasteiger partial charge on any atom is -0.367 e. The minimum absolute atomic E-state index is 0.0858. The zero-order valence-electron chi connectivity index (χ0n) is 15.8. The molecule has 0 amide bonds. The molecule has 1 aliphatic heterocycles. The van der Waals surface area contributed by atoms with Crippen LogP contribution >= 0.6 is 0 Å². The van der Waals surface area contributed by atoms with E-state index >= 15 is 0 Å². The van der Waals surface area contributed by atoms with Gasteiger partial charge in [0.15, 0.2) is 0 Å². The van der Waals surface area contributed by atoms with Crippen molar-refractivity contribution in [2.24, 2.45) is 0 Å². The topological polar surface area (TPSA) is 74.3 Å². The second-order valence-corrected chi connectivity index (χ2v) is 8.87. The number of benzene rings is 1. The summed E-state index contributed by atoms with van der Waals surface area (Å²) >= 11 is 0. The Morgan fingerprint density at radius 3 is 2.29 bits per heavy atom. The fraction of sp³-hybridized carbons (Fsp3) is 0.421. The van der Waals surface area contributed by atoms with Crippen LogP contribution in [-0.2, 0) is 10.0 Å². The zero-order chi connectivity index (χ0) is 20.3. The van der Waals surface area contributed by atoms with Crippen LogP contribution in [0.15, 0.2) is 41.4 Å². The van der Waals surface area contributed by atoms with Crippen molar-refractivity contribution in [3.8, 4) is 0 Å². The Bertz CT molecular complexity index is 892. The molecule has 2 N–H and O–H groups in total. The highest BCUT2D eigenvalue weighted by Crippen LogP contribution is 2.20. The van der Waals surface area contributed by atoms with Crippen LogP contribution in [0.5, 0.6) is 0 Å². The molecule has 6 nitrogen and oxygen atoms in total. The van der Waals surface area contributed by atoms with Crippen LogP contribution in [0.2, 0.25) is 0 Å². The van der Waals surface area contributed by atoms with Gasteiger partial charge < -0.3 is 10.2 Å². The van der Waals surface area contributed by atoms with Gasteiger partial charge in [-0.2, -0.15) is 0 Å². The van der Waals surface area contributed by atoms with E-state index in [0.717, 1.165) is 38.1 Å². The van der Waals surface area contributed by atoms with Gasteiger partial charge in [-0.1, -0.05) is 0 Å². The van der Waals surface area contributed by atoms with E-state index in [4.69, 9.17) is 0 Å². The van der Waals surface area contributed by atoms with Crippen molar-refractivity contribution in [3.05, 3.63) is 48.2 Å². The third kappa shape index (κ3) is 5.17. The number of likely N-dealkylation sites (tertiary alicyclic amines) is 1. The Kier molecular flexibility index (Phi) is 6.14. The number of piperidine rings is 1. The van der Waals surface area contributed by atoms with Gasteiger partial charge in [-0.05, 0) is 51.0 Å². The highest BCUT2D eigenvalue weighted by molar-refractivity contribution is 7.92. The van der Waals surface area contributed by atoms with Gasteiger partial charge in [0.25, 0.3) is 10.0 Å². The summed E-state index contributed by atoms with van der Waals surface area (Å²) in [6.07, 6.45) is 3.21. The van der Waals surface area contributed by atoms with Crippen molar-refractivity contribution in [1.82, 2.24) is 9.88 Å². The first-order valence-corrected chi connectivity index (χ1v) is 10.7. The van der Waals surface area contributed by atoms with E-state index in [0.29, 0.717) is 24.0 Å². The highest BCUT2D eigenvalue weighted by atomic mass is 32.2. The first kappa shape index (κ1) is 20.5. The third-order valence-corrected chi connectivity index (χ3v) is 6.14. The van der Waals surface area contributed by atoms with E-state index in [-0.39, 0.29) is 10.6 Å². The Morgan fingerprint density at radius 2 is 1.75 bits per heavy atom. The fourth-order valence-corrected chi connectivity index (χ4v) is 4.21. The monoisotopic (exact) mass is 410 g/mol. The molecule has 152 valence electrons. The molecular formula is C19H24F2N4O2S. The molecule has 9 heteroatoms. The average Bonchev–Trinajstić information content (AvgIpc) is 2.61. The predicted octanol–water partition coefficient (Wildman–Crippen LogP) is 3.45. The Labute approximate surface area is 164 Å². The number of hydrogen-bond acceptors (Lipinski definition) is 5. The SMILES string of the molecule is CC(C)N1CCC(Nc2ccc(S(=O)(=O)Nc3cc(F)cc(F)c3)cn2)CC1. The lowest BCUT2D eigenvalue weighted by molar-refractivity contribution is 0.177.